The molecule has 0 spiro atoms. The number of halogens is 1. The molecule has 0 bridgehead atoms. The van der Waals surface area contributed by atoms with Crippen LogP contribution in [0.2, 0.25) is 0 Å². The molecule has 1 rings (SSSR count). The molecule has 0 heterocycles. The summed E-state index contributed by atoms with van der Waals surface area (Å²) < 4.78 is 1.11. The summed E-state index contributed by atoms with van der Waals surface area (Å²) in [5.74, 6) is 0. The van der Waals surface area contributed by atoms with Crippen LogP contribution in [-0.2, 0) is 6.42 Å². The number of hydrogen-bond acceptors (Lipinski definition) is 1. The summed E-state index contributed by atoms with van der Waals surface area (Å²) in [6.45, 7) is 4.14. The van der Waals surface area contributed by atoms with Gasteiger partial charge in [0.15, 0.2) is 0 Å². The fourth-order valence-electron chi connectivity index (χ4n) is 1.38. The minimum atomic E-state index is 0.126. The van der Waals surface area contributed by atoms with Gasteiger partial charge in [0, 0.05) is 10.5 Å². The highest BCUT2D eigenvalue weighted by Gasteiger charge is 2.00. The van der Waals surface area contributed by atoms with Crippen LogP contribution >= 0.6 is 15.9 Å². The molecule has 1 aromatic carbocycles. The summed E-state index contributed by atoms with van der Waals surface area (Å²) in [6, 6.07) is 8.42. The summed E-state index contributed by atoms with van der Waals surface area (Å²) in [5, 5.41) is 0. The second-order valence-electron chi connectivity index (χ2n) is 3.74. The SMILES string of the molecule is CC(C)=CC(N)Cc1ccc(Br)cc1. The van der Waals surface area contributed by atoms with E-state index in [-0.39, 0.29) is 6.04 Å². The second-order valence-corrected chi connectivity index (χ2v) is 4.65. The quantitative estimate of drug-likeness (QED) is 0.823. The Morgan fingerprint density at radius 3 is 2.43 bits per heavy atom. The molecule has 0 aromatic heterocycles. The summed E-state index contributed by atoms with van der Waals surface area (Å²) >= 11 is 3.41. The van der Waals surface area contributed by atoms with E-state index in [9.17, 15) is 0 Å². The molecule has 0 fully saturated rings. The lowest BCUT2D eigenvalue weighted by Gasteiger charge is -2.07. The standard InChI is InChI=1S/C12H16BrN/c1-9(2)7-12(14)8-10-3-5-11(13)6-4-10/h3-7,12H,8,14H2,1-2H3. The smallest absolute Gasteiger partial charge is 0.0267 e. The Bertz CT molecular complexity index is 310. The Balaban J connectivity index is 2.61. The van der Waals surface area contributed by atoms with Crippen molar-refractivity contribution in [3.8, 4) is 0 Å². The van der Waals surface area contributed by atoms with Crippen molar-refractivity contribution in [3.63, 3.8) is 0 Å². The third-order valence-corrected chi connectivity index (χ3v) is 2.46. The molecular weight excluding hydrogens is 238 g/mol. The zero-order chi connectivity index (χ0) is 10.6. The van der Waals surface area contributed by atoms with Crippen molar-refractivity contribution in [2.24, 2.45) is 5.73 Å². The molecule has 0 radical (unpaired) electrons. The van der Waals surface area contributed by atoms with Gasteiger partial charge in [-0.2, -0.15) is 0 Å². The van der Waals surface area contributed by atoms with Gasteiger partial charge in [0.2, 0.25) is 0 Å². The Labute approximate surface area is 94.1 Å². The van der Waals surface area contributed by atoms with Gasteiger partial charge in [-0.15, -0.1) is 0 Å². The minimum Gasteiger partial charge on any atom is -0.324 e. The van der Waals surface area contributed by atoms with Gasteiger partial charge in [0.1, 0.15) is 0 Å². The van der Waals surface area contributed by atoms with Gasteiger partial charge in [-0.1, -0.05) is 39.7 Å². The maximum Gasteiger partial charge on any atom is 0.0267 e. The first-order chi connectivity index (χ1) is 6.58. The first-order valence-electron chi connectivity index (χ1n) is 4.73. The fourth-order valence-corrected chi connectivity index (χ4v) is 1.64. The third-order valence-electron chi connectivity index (χ3n) is 1.93. The fraction of sp³-hybridized carbons (Fsp3) is 0.333. The van der Waals surface area contributed by atoms with Crippen molar-refractivity contribution < 1.29 is 0 Å². The highest BCUT2D eigenvalue weighted by Crippen LogP contribution is 2.12. The minimum absolute atomic E-state index is 0.126. The second kappa shape index (κ2) is 5.32. The van der Waals surface area contributed by atoms with Gasteiger partial charge in [-0.3, -0.25) is 0 Å². The Morgan fingerprint density at radius 2 is 1.93 bits per heavy atom. The molecule has 1 nitrogen and oxygen atoms in total. The summed E-state index contributed by atoms with van der Waals surface area (Å²) in [6.07, 6.45) is 3.00. The number of nitrogens with two attached hydrogens (primary N) is 1. The van der Waals surface area contributed by atoms with Gasteiger partial charge in [0.25, 0.3) is 0 Å². The van der Waals surface area contributed by atoms with Gasteiger partial charge < -0.3 is 5.73 Å². The van der Waals surface area contributed by atoms with Gasteiger partial charge >= 0.3 is 0 Å². The summed E-state index contributed by atoms with van der Waals surface area (Å²) in [5.41, 5.74) is 8.51. The molecule has 0 saturated carbocycles. The predicted octanol–water partition coefficient (Wildman–Crippen LogP) is 3.29. The number of hydrogen-bond donors (Lipinski definition) is 1. The molecule has 0 aliphatic carbocycles. The first kappa shape index (κ1) is 11.5. The summed E-state index contributed by atoms with van der Waals surface area (Å²) in [7, 11) is 0. The number of rotatable bonds is 3. The lowest BCUT2D eigenvalue weighted by Crippen LogP contribution is -2.20. The van der Waals surface area contributed by atoms with E-state index in [4.69, 9.17) is 5.73 Å². The van der Waals surface area contributed by atoms with Gasteiger partial charge in [-0.25, -0.2) is 0 Å². The van der Waals surface area contributed by atoms with Crippen LogP contribution in [0.4, 0.5) is 0 Å². The average Bonchev–Trinajstić information content (AvgIpc) is 2.07. The molecular formula is C12H16BrN. The van der Waals surface area contributed by atoms with E-state index in [1.165, 1.54) is 11.1 Å². The van der Waals surface area contributed by atoms with E-state index in [1.54, 1.807) is 0 Å². The van der Waals surface area contributed by atoms with E-state index < -0.39 is 0 Å². The van der Waals surface area contributed by atoms with Crippen LogP contribution in [0, 0.1) is 0 Å². The van der Waals surface area contributed by atoms with Crippen molar-refractivity contribution in [1.82, 2.24) is 0 Å². The van der Waals surface area contributed by atoms with Crippen molar-refractivity contribution in [3.05, 3.63) is 46.0 Å². The summed E-state index contributed by atoms with van der Waals surface area (Å²) in [4.78, 5) is 0. The van der Waals surface area contributed by atoms with Crippen molar-refractivity contribution >= 4 is 15.9 Å². The van der Waals surface area contributed by atoms with Gasteiger partial charge in [0.05, 0.1) is 0 Å². The Morgan fingerprint density at radius 1 is 1.36 bits per heavy atom. The molecule has 1 unspecified atom stereocenters. The molecule has 0 amide bonds. The van der Waals surface area contributed by atoms with E-state index in [0.29, 0.717) is 0 Å². The molecule has 14 heavy (non-hydrogen) atoms. The monoisotopic (exact) mass is 253 g/mol. The van der Waals surface area contributed by atoms with Crippen molar-refractivity contribution in [1.29, 1.82) is 0 Å². The van der Waals surface area contributed by atoms with Crippen LogP contribution in [0.25, 0.3) is 0 Å². The maximum atomic E-state index is 5.96. The third kappa shape index (κ3) is 4.07. The predicted molar refractivity (Wildman–Crippen MR) is 65.3 cm³/mol. The van der Waals surface area contributed by atoms with Crippen LogP contribution in [0.1, 0.15) is 19.4 Å². The van der Waals surface area contributed by atoms with E-state index >= 15 is 0 Å². The molecule has 2 heteroatoms. The average molecular weight is 254 g/mol. The molecule has 1 atom stereocenters. The van der Waals surface area contributed by atoms with E-state index in [2.05, 4.69) is 48.0 Å². The lowest BCUT2D eigenvalue weighted by molar-refractivity contribution is 0.803. The topological polar surface area (TPSA) is 26.0 Å². The van der Waals surface area contributed by atoms with Crippen LogP contribution in [0.15, 0.2) is 40.4 Å². The highest BCUT2D eigenvalue weighted by molar-refractivity contribution is 9.10. The van der Waals surface area contributed by atoms with Crippen LogP contribution in [0.3, 0.4) is 0 Å². The van der Waals surface area contributed by atoms with Crippen LogP contribution in [0.5, 0.6) is 0 Å². The molecule has 1 aromatic rings. The van der Waals surface area contributed by atoms with E-state index in [0.717, 1.165) is 10.9 Å². The molecule has 76 valence electrons. The molecule has 0 saturated heterocycles. The largest absolute Gasteiger partial charge is 0.324 e. The number of benzene rings is 1. The zero-order valence-electron chi connectivity index (χ0n) is 8.63. The van der Waals surface area contributed by atoms with Crippen molar-refractivity contribution in [2.45, 2.75) is 26.3 Å². The van der Waals surface area contributed by atoms with Crippen LogP contribution in [-0.4, -0.2) is 6.04 Å². The molecule has 0 aliphatic rings. The Hall–Kier alpha value is -0.600. The van der Waals surface area contributed by atoms with Gasteiger partial charge in [-0.05, 0) is 38.0 Å². The van der Waals surface area contributed by atoms with Crippen molar-refractivity contribution in [2.75, 3.05) is 0 Å². The zero-order valence-corrected chi connectivity index (χ0v) is 10.2. The Kier molecular flexibility index (Phi) is 4.36. The maximum absolute atomic E-state index is 5.96. The molecule has 0 aliphatic heterocycles. The number of allylic oxidation sites excluding steroid dienone is 1. The normalized spacial score (nSPS) is 12.3. The molecule has 2 N–H and O–H groups in total. The highest BCUT2D eigenvalue weighted by atomic mass is 79.9. The first-order valence-corrected chi connectivity index (χ1v) is 5.52. The lowest BCUT2D eigenvalue weighted by atomic mass is 10.1. The van der Waals surface area contributed by atoms with Crippen LogP contribution < -0.4 is 5.73 Å². The van der Waals surface area contributed by atoms with E-state index in [1.807, 2.05) is 12.1 Å².